The van der Waals surface area contributed by atoms with Crippen LogP contribution in [0.3, 0.4) is 0 Å². The minimum absolute atomic E-state index is 0.0894. The largest absolute Gasteiger partial charge is 0.493 e. The Hall–Kier alpha value is -4.40. The van der Waals surface area contributed by atoms with E-state index in [0.717, 1.165) is 48.7 Å². The number of carbonyl (C=O) groups is 2. The van der Waals surface area contributed by atoms with Gasteiger partial charge in [-0.3, -0.25) is 14.5 Å². The van der Waals surface area contributed by atoms with Crippen LogP contribution in [0.4, 0.5) is 5.69 Å². The van der Waals surface area contributed by atoms with E-state index in [1.165, 1.54) is 0 Å². The van der Waals surface area contributed by atoms with E-state index in [0.29, 0.717) is 22.7 Å². The third-order valence-electron chi connectivity index (χ3n) is 7.53. The van der Waals surface area contributed by atoms with Gasteiger partial charge in [-0.15, -0.1) is 5.10 Å². The lowest BCUT2D eigenvalue weighted by molar-refractivity contribution is -0.127. The summed E-state index contributed by atoms with van der Waals surface area (Å²) in [6.45, 7) is 1.98. The first-order chi connectivity index (χ1) is 19.5. The van der Waals surface area contributed by atoms with Gasteiger partial charge in [-0.25, -0.2) is 4.68 Å². The van der Waals surface area contributed by atoms with Crippen molar-refractivity contribution in [3.8, 4) is 11.5 Å². The standard InChI is InChI=1S/C31H35N5O4/c1-4-21-13-15-22(16-14-21)30(31(38)32-23-9-5-6-10-23)36(24-17-18-27(39-2)28(19-24)40-3)29(37)20-35-26-12-8-7-11-25(26)33-34-35/h7-8,11-19,23,30H,4-6,9-10,20H2,1-3H3,(H,32,38)/t30-/m1/s1. The summed E-state index contributed by atoms with van der Waals surface area (Å²) in [4.78, 5) is 29.9. The summed E-state index contributed by atoms with van der Waals surface area (Å²) in [6.07, 6.45) is 4.90. The number of rotatable bonds is 10. The van der Waals surface area contributed by atoms with Crippen LogP contribution in [0.1, 0.15) is 49.8 Å². The number of benzene rings is 3. The van der Waals surface area contributed by atoms with E-state index in [4.69, 9.17) is 9.47 Å². The molecule has 1 aliphatic carbocycles. The SMILES string of the molecule is CCc1ccc([C@H](C(=O)NC2CCCC2)N(C(=O)Cn2nnc3ccccc32)c2ccc(OC)c(OC)c2)cc1. The van der Waals surface area contributed by atoms with Crippen LogP contribution in [-0.4, -0.2) is 47.1 Å². The van der Waals surface area contributed by atoms with E-state index in [1.807, 2.05) is 48.5 Å². The highest BCUT2D eigenvalue weighted by molar-refractivity contribution is 6.02. The second-order valence-corrected chi connectivity index (χ2v) is 10.0. The molecule has 1 N–H and O–H groups in total. The lowest BCUT2D eigenvalue weighted by atomic mass is 10.00. The maximum absolute atomic E-state index is 14.3. The molecular weight excluding hydrogens is 506 g/mol. The molecule has 2 amide bonds. The molecule has 0 unspecified atom stereocenters. The van der Waals surface area contributed by atoms with Crippen LogP contribution in [-0.2, 0) is 22.6 Å². The number of hydrogen-bond donors (Lipinski definition) is 1. The molecular formula is C31H35N5O4. The van der Waals surface area contributed by atoms with E-state index < -0.39 is 6.04 Å². The van der Waals surface area contributed by atoms with Crippen molar-refractivity contribution in [2.24, 2.45) is 0 Å². The van der Waals surface area contributed by atoms with Gasteiger partial charge in [0.25, 0.3) is 0 Å². The zero-order chi connectivity index (χ0) is 28.1. The van der Waals surface area contributed by atoms with Crippen LogP contribution in [0.15, 0.2) is 66.7 Å². The summed E-state index contributed by atoms with van der Waals surface area (Å²) in [6, 6.07) is 19.8. The fourth-order valence-corrected chi connectivity index (χ4v) is 5.35. The highest BCUT2D eigenvalue weighted by Gasteiger charge is 2.35. The molecule has 4 aromatic rings. The van der Waals surface area contributed by atoms with Crippen LogP contribution in [0.2, 0.25) is 0 Å². The van der Waals surface area contributed by atoms with E-state index in [-0.39, 0.29) is 24.4 Å². The Morgan fingerprint density at radius 2 is 1.73 bits per heavy atom. The van der Waals surface area contributed by atoms with Gasteiger partial charge in [-0.05, 0) is 54.7 Å². The highest BCUT2D eigenvalue weighted by Crippen LogP contribution is 2.36. The summed E-state index contributed by atoms with van der Waals surface area (Å²) in [5.74, 6) is 0.456. The van der Waals surface area contributed by atoms with Crippen LogP contribution >= 0.6 is 0 Å². The minimum Gasteiger partial charge on any atom is -0.493 e. The summed E-state index contributed by atoms with van der Waals surface area (Å²) >= 11 is 0. The Labute approximate surface area is 234 Å². The Kier molecular flexibility index (Phi) is 8.28. The molecule has 40 heavy (non-hydrogen) atoms. The average molecular weight is 542 g/mol. The first-order valence-electron chi connectivity index (χ1n) is 13.7. The van der Waals surface area contributed by atoms with Gasteiger partial charge in [0.1, 0.15) is 18.1 Å². The second kappa shape index (κ2) is 12.2. The molecule has 1 aromatic heterocycles. The van der Waals surface area contributed by atoms with E-state index in [1.54, 1.807) is 42.0 Å². The number of amides is 2. The summed E-state index contributed by atoms with van der Waals surface area (Å²) in [5, 5.41) is 11.7. The molecule has 3 aromatic carbocycles. The van der Waals surface area contributed by atoms with Crippen molar-refractivity contribution in [1.82, 2.24) is 20.3 Å². The Morgan fingerprint density at radius 1 is 1.00 bits per heavy atom. The van der Waals surface area contributed by atoms with Gasteiger partial charge in [0.2, 0.25) is 11.8 Å². The van der Waals surface area contributed by atoms with E-state index >= 15 is 0 Å². The molecule has 1 aliphatic rings. The third kappa shape index (κ3) is 5.64. The molecule has 0 spiro atoms. The van der Waals surface area contributed by atoms with Gasteiger partial charge in [0.15, 0.2) is 11.5 Å². The van der Waals surface area contributed by atoms with E-state index in [9.17, 15) is 9.59 Å². The van der Waals surface area contributed by atoms with Crippen LogP contribution in [0.25, 0.3) is 11.0 Å². The van der Waals surface area contributed by atoms with Crippen molar-refractivity contribution in [1.29, 1.82) is 0 Å². The first kappa shape index (κ1) is 27.2. The number of aromatic nitrogens is 3. The normalized spacial score (nSPS) is 14.2. The van der Waals surface area contributed by atoms with Gasteiger partial charge in [-0.1, -0.05) is 61.4 Å². The number of ether oxygens (including phenoxy) is 2. The Balaban J connectivity index is 1.61. The van der Waals surface area contributed by atoms with Crippen molar-refractivity contribution in [3.05, 3.63) is 77.9 Å². The lowest BCUT2D eigenvalue weighted by Gasteiger charge is -2.33. The molecule has 1 heterocycles. The number of para-hydroxylation sites is 1. The average Bonchev–Trinajstić information content (AvgIpc) is 3.65. The molecule has 0 radical (unpaired) electrons. The second-order valence-electron chi connectivity index (χ2n) is 10.0. The number of carbonyl (C=O) groups excluding carboxylic acids is 2. The van der Waals surface area contributed by atoms with Crippen molar-refractivity contribution in [3.63, 3.8) is 0 Å². The van der Waals surface area contributed by atoms with E-state index in [2.05, 4.69) is 22.6 Å². The van der Waals surface area contributed by atoms with Crippen LogP contribution < -0.4 is 19.7 Å². The van der Waals surface area contributed by atoms with Crippen molar-refractivity contribution in [2.75, 3.05) is 19.1 Å². The minimum atomic E-state index is -0.910. The number of hydrogen-bond acceptors (Lipinski definition) is 6. The monoisotopic (exact) mass is 541 g/mol. The van der Waals surface area contributed by atoms with Crippen LogP contribution in [0.5, 0.6) is 11.5 Å². The molecule has 0 aliphatic heterocycles. The number of nitrogens with one attached hydrogen (secondary N) is 1. The molecule has 9 heteroatoms. The molecule has 9 nitrogen and oxygen atoms in total. The predicted octanol–water partition coefficient (Wildman–Crippen LogP) is 4.84. The number of nitrogens with zero attached hydrogens (tertiary/aromatic N) is 4. The van der Waals surface area contributed by atoms with Gasteiger partial charge in [0, 0.05) is 17.8 Å². The van der Waals surface area contributed by atoms with Crippen molar-refractivity contribution >= 4 is 28.5 Å². The summed E-state index contributed by atoms with van der Waals surface area (Å²) in [5.41, 5.74) is 3.82. The topological polar surface area (TPSA) is 98.6 Å². The van der Waals surface area contributed by atoms with Crippen LogP contribution in [0, 0.1) is 0 Å². The quantitative estimate of drug-likeness (QED) is 0.308. The molecule has 1 atom stereocenters. The first-order valence-corrected chi connectivity index (χ1v) is 13.7. The molecule has 208 valence electrons. The molecule has 1 saturated carbocycles. The highest BCUT2D eigenvalue weighted by atomic mass is 16.5. The Morgan fingerprint density at radius 3 is 2.42 bits per heavy atom. The third-order valence-corrected chi connectivity index (χ3v) is 7.53. The van der Waals surface area contributed by atoms with Crippen molar-refractivity contribution in [2.45, 2.75) is 57.7 Å². The number of aryl methyl sites for hydroxylation is 1. The zero-order valence-corrected chi connectivity index (χ0v) is 23.2. The predicted molar refractivity (Wildman–Crippen MR) is 154 cm³/mol. The molecule has 5 rings (SSSR count). The Bertz CT molecular complexity index is 1480. The van der Waals surface area contributed by atoms with Gasteiger partial charge in [-0.2, -0.15) is 0 Å². The number of methoxy groups -OCH3 is 2. The fourth-order valence-electron chi connectivity index (χ4n) is 5.35. The van der Waals surface area contributed by atoms with Crippen molar-refractivity contribution < 1.29 is 19.1 Å². The zero-order valence-electron chi connectivity index (χ0n) is 23.2. The maximum atomic E-state index is 14.3. The van der Waals surface area contributed by atoms with Gasteiger partial charge >= 0.3 is 0 Å². The van der Waals surface area contributed by atoms with Gasteiger partial charge < -0.3 is 14.8 Å². The number of fused-ring (bicyclic) bond motifs is 1. The smallest absolute Gasteiger partial charge is 0.249 e. The fraction of sp³-hybridized carbons (Fsp3) is 0.355. The summed E-state index contributed by atoms with van der Waals surface area (Å²) in [7, 11) is 3.10. The molecule has 0 bridgehead atoms. The van der Waals surface area contributed by atoms with Gasteiger partial charge in [0.05, 0.1) is 19.7 Å². The maximum Gasteiger partial charge on any atom is 0.249 e. The molecule has 1 fully saturated rings. The number of anilines is 1. The lowest BCUT2D eigenvalue weighted by Crippen LogP contribution is -2.47. The summed E-state index contributed by atoms with van der Waals surface area (Å²) < 4.78 is 12.6. The molecule has 0 saturated heterocycles.